The fourth-order valence-electron chi connectivity index (χ4n) is 3.78. The van der Waals surface area contributed by atoms with Gasteiger partial charge in [0.25, 0.3) is 0 Å². The van der Waals surface area contributed by atoms with Crippen molar-refractivity contribution in [2.75, 3.05) is 30.8 Å². The van der Waals surface area contributed by atoms with Crippen molar-refractivity contribution in [2.24, 2.45) is 5.92 Å². The highest BCUT2D eigenvalue weighted by Gasteiger charge is 2.43. The van der Waals surface area contributed by atoms with Crippen LogP contribution in [0.15, 0.2) is 18.2 Å². The number of hydrogen-bond donors (Lipinski definition) is 2. The van der Waals surface area contributed by atoms with Gasteiger partial charge in [0.15, 0.2) is 0 Å². The quantitative estimate of drug-likeness (QED) is 0.814. The SMILES string of the molecule is COc1cccc(N2CCC3(O)CCCCC3C2)c1N. The average Bonchev–Trinajstić information content (AvgIpc) is 2.47. The molecule has 2 fully saturated rings. The van der Waals surface area contributed by atoms with Gasteiger partial charge in [-0.15, -0.1) is 0 Å². The van der Waals surface area contributed by atoms with Gasteiger partial charge in [-0.2, -0.15) is 0 Å². The molecule has 2 atom stereocenters. The number of anilines is 2. The van der Waals surface area contributed by atoms with E-state index in [1.807, 2.05) is 18.2 Å². The molecule has 1 aromatic carbocycles. The van der Waals surface area contributed by atoms with E-state index in [1.165, 1.54) is 6.42 Å². The van der Waals surface area contributed by atoms with Crippen LogP contribution in [-0.2, 0) is 0 Å². The highest BCUT2D eigenvalue weighted by Crippen LogP contribution is 2.42. The van der Waals surface area contributed by atoms with E-state index in [1.54, 1.807) is 7.11 Å². The van der Waals surface area contributed by atoms with Crippen molar-refractivity contribution in [3.05, 3.63) is 18.2 Å². The van der Waals surface area contributed by atoms with E-state index in [0.29, 0.717) is 11.6 Å². The van der Waals surface area contributed by atoms with E-state index < -0.39 is 5.60 Å². The number of nitrogens with zero attached hydrogens (tertiary/aromatic N) is 1. The molecule has 110 valence electrons. The molecule has 2 unspecified atom stereocenters. The van der Waals surface area contributed by atoms with E-state index >= 15 is 0 Å². The zero-order valence-corrected chi connectivity index (χ0v) is 12.1. The smallest absolute Gasteiger partial charge is 0.143 e. The Labute approximate surface area is 120 Å². The molecule has 0 radical (unpaired) electrons. The molecule has 20 heavy (non-hydrogen) atoms. The number of piperidine rings is 1. The van der Waals surface area contributed by atoms with E-state index in [4.69, 9.17) is 10.5 Å². The maximum atomic E-state index is 10.7. The third-order valence-corrected chi connectivity index (χ3v) is 5.03. The van der Waals surface area contributed by atoms with Crippen LogP contribution in [0.25, 0.3) is 0 Å². The Morgan fingerprint density at radius 1 is 1.35 bits per heavy atom. The fraction of sp³-hybridized carbons (Fsp3) is 0.625. The van der Waals surface area contributed by atoms with Crippen LogP contribution in [-0.4, -0.2) is 30.9 Å². The second-order valence-electron chi connectivity index (χ2n) is 6.14. The standard InChI is InChI=1S/C16H24N2O2/c1-20-14-7-4-6-13(15(14)17)18-10-9-16(19)8-3-2-5-12(16)11-18/h4,6-7,12,19H,2-3,5,8-11,17H2,1H3. The summed E-state index contributed by atoms with van der Waals surface area (Å²) < 4.78 is 5.30. The van der Waals surface area contributed by atoms with Crippen LogP contribution in [0.2, 0.25) is 0 Å². The van der Waals surface area contributed by atoms with E-state index in [9.17, 15) is 5.11 Å². The molecular formula is C16H24N2O2. The molecule has 1 aliphatic carbocycles. The summed E-state index contributed by atoms with van der Waals surface area (Å²) in [6.45, 7) is 1.76. The Kier molecular flexibility index (Phi) is 3.50. The van der Waals surface area contributed by atoms with Crippen LogP contribution in [0.4, 0.5) is 11.4 Å². The van der Waals surface area contributed by atoms with Crippen LogP contribution in [0.3, 0.4) is 0 Å². The third-order valence-electron chi connectivity index (χ3n) is 5.03. The first-order chi connectivity index (χ1) is 9.64. The molecule has 1 saturated heterocycles. The largest absolute Gasteiger partial charge is 0.495 e. The predicted octanol–water partition coefficient (Wildman–Crippen LogP) is 2.41. The molecule has 3 rings (SSSR count). The Hall–Kier alpha value is -1.42. The minimum atomic E-state index is -0.442. The second kappa shape index (κ2) is 5.17. The number of benzene rings is 1. The van der Waals surface area contributed by atoms with Gasteiger partial charge >= 0.3 is 0 Å². The molecule has 3 N–H and O–H groups in total. The van der Waals surface area contributed by atoms with Gasteiger partial charge in [-0.3, -0.25) is 0 Å². The van der Waals surface area contributed by atoms with Crippen molar-refractivity contribution in [1.82, 2.24) is 0 Å². The average molecular weight is 276 g/mol. The van der Waals surface area contributed by atoms with Crippen molar-refractivity contribution >= 4 is 11.4 Å². The van der Waals surface area contributed by atoms with Gasteiger partial charge in [0.1, 0.15) is 5.75 Å². The molecule has 0 spiro atoms. The van der Waals surface area contributed by atoms with Gasteiger partial charge in [0.2, 0.25) is 0 Å². The van der Waals surface area contributed by atoms with Crippen molar-refractivity contribution in [1.29, 1.82) is 0 Å². The Balaban J connectivity index is 1.83. The highest BCUT2D eigenvalue weighted by atomic mass is 16.5. The lowest BCUT2D eigenvalue weighted by molar-refractivity contribution is -0.0612. The van der Waals surface area contributed by atoms with E-state index in [2.05, 4.69) is 4.90 Å². The van der Waals surface area contributed by atoms with Crippen LogP contribution < -0.4 is 15.4 Å². The van der Waals surface area contributed by atoms with Gasteiger partial charge in [-0.05, 0) is 31.4 Å². The summed E-state index contributed by atoms with van der Waals surface area (Å²) in [5, 5.41) is 10.7. The minimum Gasteiger partial charge on any atom is -0.495 e. The minimum absolute atomic E-state index is 0.371. The number of methoxy groups -OCH3 is 1. The normalized spacial score (nSPS) is 29.9. The van der Waals surface area contributed by atoms with Gasteiger partial charge < -0.3 is 20.5 Å². The first-order valence-electron chi connectivity index (χ1n) is 7.54. The molecular weight excluding hydrogens is 252 g/mol. The Morgan fingerprint density at radius 2 is 2.20 bits per heavy atom. The third kappa shape index (κ3) is 2.22. The monoisotopic (exact) mass is 276 g/mol. The number of ether oxygens (including phenoxy) is 1. The molecule has 1 heterocycles. The summed E-state index contributed by atoms with van der Waals surface area (Å²) in [5.74, 6) is 1.10. The number of rotatable bonds is 2. The number of hydrogen-bond acceptors (Lipinski definition) is 4. The van der Waals surface area contributed by atoms with Crippen molar-refractivity contribution < 1.29 is 9.84 Å². The maximum absolute atomic E-state index is 10.7. The molecule has 0 aromatic heterocycles. The van der Waals surface area contributed by atoms with Crippen LogP contribution in [0.1, 0.15) is 32.1 Å². The number of aliphatic hydroxyl groups is 1. The lowest BCUT2D eigenvalue weighted by Crippen LogP contribution is -2.53. The molecule has 1 aromatic rings. The summed E-state index contributed by atoms with van der Waals surface area (Å²) in [7, 11) is 1.64. The highest BCUT2D eigenvalue weighted by molar-refractivity contribution is 5.74. The first-order valence-corrected chi connectivity index (χ1v) is 7.54. The zero-order chi connectivity index (χ0) is 14.2. The Morgan fingerprint density at radius 3 is 3.00 bits per heavy atom. The van der Waals surface area contributed by atoms with Crippen molar-refractivity contribution in [3.8, 4) is 5.75 Å². The summed E-state index contributed by atoms with van der Waals surface area (Å²) in [4.78, 5) is 2.31. The first kappa shape index (κ1) is 13.6. The zero-order valence-electron chi connectivity index (χ0n) is 12.1. The lowest BCUT2D eigenvalue weighted by Gasteiger charge is -2.48. The summed E-state index contributed by atoms with van der Waals surface area (Å²) >= 11 is 0. The molecule has 1 aliphatic heterocycles. The second-order valence-corrected chi connectivity index (χ2v) is 6.14. The summed E-state index contributed by atoms with van der Waals surface area (Å²) in [6.07, 6.45) is 5.31. The van der Waals surface area contributed by atoms with E-state index in [-0.39, 0.29) is 0 Å². The topological polar surface area (TPSA) is 58.7 Å². The number of nitrogen functional groups attached to an aromatic ring is 1. The van der Waals surface area contributed by atoms with Gasteiger partial charge in [-0.25, -0.2) is 0 Å². The van der Waals surface area contributed by atoms with E-state index in [0.717, 1.165) is 50.2 Å². The number of para-hydroxylation sites is 1. The van der Waals surface area contributed by atoms with Crippen molar-refractivity contribution in [2.45, 2.75) is 37.7 Å². The molecule has 0 bridgehead atoms. The molecule has 1 saturated carbocycles. The Bertz CT molecular complexity index is 491. The van der Waals surface area contributed by atoms with Crippen LogP contribution >= 0.6 is 0 Å². The maximum Gasteiger partial charge on any atom is 0.143 e. The number of fused-ring (bicyclic) bond motifs is 1. The molecule has 4 heteroatoms. The molecule has 0 amide bonds. The molecule has 2 aliphatic rings. The van der Waals surface area contributed by atoms with Gasteiger partial charge in [-0.1, -0.05) is 18.9 Å². The number of nitrogens with two attached hydrogens (primary N) is 1. The predicted molar refractivity (Wildman–Crippen MR) is 81.1 cm³/mol. The van der Waals surface area contributed by atoms with Gasteiger partial charge in [0, 0.05) is 19.0 Å². The van der Waals surface area contributed by atoms with Crippen molar-refractivity contribution in [3.63, 3.8) is 0 Å². The van der Waals surface area contributed by atoms with Gasteiger partial charge in [0.05, 0.1) is 24.1 Å². The van der Waals surface area contributed by atoms with Crippen LogP contribution in [0, 0.1) is 5.92 Å². The molecule has 4 nitrogen and oxygen atoms in total. The lowest BCUT2D eigenvalue weighted by atomic mass is 9.71. The van der Waals surface area contributed by atoms with Crippen LogP contribution in [0.5, 0.6) is 5.75 Å². The summed E-state index contributed by atoms with van der Waals surface area (Å²) in [6, 6.07) is 5.91. The summed E-state index contributed by atoms with van der Waals surface area (Å²) in [5.41, 5.74) is 7.50. The fourth-order valence-corrected chi connectivity index (χ4v) is 3.78.